The minimum absolute atomic E-state index is 1.46. The average Bonchev–Trinajstić information content (AvgIpc) is 1.93. The van der Waals surface area contributed by atoms with Crippen molar-refractivity contribution in [3.63, 3.8) is 0 Å². The number of hydrogen-bond acceptors (Lipinski definition) is 10. The van der Waals surface area contributed by atoms with Crippen LogP contribution in [-0.2, 0) is 23.0 Å². The number of aliphatic carboxylic acids is 1. The van der Waals surface area contributed by atoms with Crippen molar-refractivity contribution in [2.45, 2.75) is 6.10 Å². The second-order valence-electron chi connectivity index (χ2n) is 2.10. The molecule has 0 saturated carbocycles. The first kappa shape index (κ1) is 14.7. The first-order valence-corrected chi connectivity index (χ1v) is 6.01. The molecule has 0 aromatic carbocycles. The largest absolute Gasteiger partial charge is 0.790 e. The number of hydrogen-bond donors (Lipinski definition) is 0. The zero-order valence-corrected chi connectivity index (χ0v) is 8.55. The molecule has 0 aliphatic carbocycles. The maximum Gasteiger partial charge on any atom is 0.126 e. The van der Waals surface area contributed by atoms with Crippen molar-refractivity contribution in [1.82, 2.24) is 0 Å². The van der Waals surface area contributed by atoms with Crippen LogP contribution in [0.25, 0.3) is 0 Å². The third kappa shape index (κ3) is 8.67. The molecule has 0 unspecified atom stereocenters. The maximum absolute atomic E-state index is 10.1. The van der Waals surface area contributed by atoms with Gasteiger partial charge in [-0.2, -0.15) is 0 Å². The molecule has 1 atom stereocenters. The fourth-order valence-electron chi connectivity index (χ4n) is 0.456. The van der Waals surface area contributed by atoms with Crippen LogP contribution in [0, 0.1) is 0 Å². The third-order valence-corrected chi connectivity index (χ3v) is 1.88. The molecular formula is C3H3O10P2-5. The lowest BCUT2D eigenvalue weighted by molar-refractivity contribution is -0.359. The first-order valence-electron chi connectivity index (χ1n) is 3.09. The van der Waals surface area contributed by atoms with E-state index in [1.807, 2.05) is 0 Å². The van der Waals surface area contributed by atoms with Crippen LogP contribution in [0.15, 0.2) is 0 Å². The van der Waals surface area contributed by atoms with Gasteiger partial charge in [-0.15, -0.1) is 0 Å². The summed E-state index contributed by atoms with van der Waals surface area (Å²) in [6, 6.07) is 0. The van der Waals surface area contributed by atoms with Gasteiger partial charge in [0.25, 0.3) is 0 Å². The van der Waals surface area contributed by atoms with Crippen LogP contribution in [0.5, 0.6) is 0 Å². The molecule has 0 aliphatic heterocycles. The lowest BCUT2D eigenvalue weighted by Gasteiger charge is -2.36. The van der Waals surface area contributed by atoms with Crippen molar-refractivity contribution in [3.05, 3.63) is 0 Å². The van der Waals surface area contributed by atoms with Crippen LogP contribution < -0.4 is 24.7 Å². The standard InChI is InChI=1S/C3H8O10P2/c4-3(5)2(13-15(9,10)11)1-12-14(6,7)8/h2H,1H2,(H,4,5)(H2,6,7,8)(H2,9,10,11)/p-5/t2-/m1/s1. The molecule has 15 heavy (non-hydrogen) atoms. The summed E-state index contributed by atoms with van der Waals surface area (Å²) >= 11 is 0. The molecule has 0 spiro atoms. The summed E-state index contributed by atoms with van der Waals surface area (Å²) in [6.45, 7) is -1.46. The van der Waals surface area contributed by atoms with Crippen LogP contribution in [0.1, 0.15) is 0 Å². The maximum atomic E-state index is 10.1. The number of carbonyl (C=O) groups excluding carboxylic acids is 1. The second-order valence-corrected chi connectivity index (χ2v) is 4.36. The van der Waals surface area contributed by atoms with Crippen LogP contribution in [0.2, 0.25) is 0 Å². The van der Waals surface area contributed by atoms with Gasteiger partial charge in [-0.3, -0.25) is 0 Å². The van der Waals surface area contributed by atoms with Crippen LogP contribution >= 0.6 is 15.6 Å². The Kier molecular flexibility index (Phi) is 5.04. The Balaban J connectivity index is 4.38. The van der Waals surface area contributed by atoms with Crippen LogP contribution in [0.4, 0.5) is 0 Å². The van der Waals surface area contributed by atoms with E-state index in [-0.39, 0.29) is 0 Å². The van der Waals surface area contributed by atoms with E-state index in [9.17, 15) is 38.6 Å². The molecule has 0 rings (SSSR count). The van der Waals surface area contributed by atoms with E-state index in [1.165, 1.54) is 0 Å². The van der Waals surface area contributed by atoms with Crippen LogP contribution in [-0.4, -0.2) is 18.7 Å². The SMILES string of the molecule is O=C([O-])[C@@H](COP(=O)([O-])[O-])OP(=O)([O-])[O-]. The molecule has 0 radical (unpaired) electrons. The first-order chi connectivity index (χ1) is 6.51. The summed E-state index contributed by atoms with van der Waals surface area (Å²) in [5, 5.41) is 10.1. The van der Waals surface area contributed by atoms with Crippen molar-refractivity contribution in [3.8, 4) is 0 Å². The van der Waals surface area contributed by atoms with Gasteiger partial charge in [-0.1, -0.05) is 0 Å². The summed E-state index contributed by atoms with van der Waals surface area (Å²) < 4.78 is 26.6. The Labute approximate surface area is 82.9 Å². The zero-order valence-electron chi connectivity index (χ0n) is 6.76. The monoisotopic (exact) mass is 261 g/mol. The Morgan fingerprint density at radius 2 is 1.60 bits per heavy atom. The number of carbonyl (C=O) groups is 1. The molecule has 0 aliphatic rings. The Bertz CT molecular complexity index is 311. The quantitative estimate of drug-likeness (QED) is 0.418. The van der Waals surface area contributed by atoms with Gasteiger partial charge >= 0.3 is 0 Å². The number of carboxylic acids is 1. The molecule has 0 fully saturated rings. The Hall–Kier alpha value is -0.310. The van der Waals surface area contributed by atoms with E-state index in [0.29, 0.717) is 0 Å². The zero-order chi connectivity index (χ0) is 12.3. The molecule has 0 aromatic heterocycles. The highest BCUT2D eigenvalue weighted by molar-refractivity contribution is 7.43. The Morgan fingerprint density at radius 1 is 1.13 bits per heavy atom. The van der Waals surface area contributed by atoms with Crippen molar-refractivity contribution < 1.29 is 47.7 Å². The minimum atomic E-state index is -5.65. The summed E-state index contributed by atoms with van der Waals surface area (Å²) in [5.74, 6) is -2.21. The van der Waals surface area contributed by atoms with Crippen molar-refractivity contribution >= 4 is 21.6 Å². The average molecular weight is 261 g/mol. The normalized spacial score (nSPS) is 14.9. The summed E-state index contributed by atoms with van der Waals surface area (Å²) in [4.78, 5) is 49.7. The molecule has 0 bridgehead atoms. The molecule has 0 heterocycles. The van der Waals surface area contributed by atoms with E-state index >= 15 is 0 Å². The highest BCUT2D eigenvalue weighted by Gasteiger charge is 2.13. The predicted octanol–water partition coefficient (Wildman–Crippen LogP) is -5.20. The van der Waals surface area contributed by atoms with E-state index in [0.717, 1.165) is 0 Å². The van der Waals surface area contributed by atoms with Crippen LogP contribution in [0.3, 0.4) is 0 Å². The molecule has 0 amide bonds. The van der Waals surface area contributed by atoms with Gasteiger partial charge in [-0.05, 0) is 0 Å². The summed E-state index contributed by atoms with van der Waals surface area (Å²) in [7, 11) is -11.1. The fraction of sp³-hybridized carbons (Fsp3) is 0.667. The van der Waals surface area contributed by atoms with Gasteiger partial charge in [0.2, 0.25) is 0 Å². The number of phosphoric acid groups is 2. The minimum Gasteiger partial charge on any atom is -0.790 e. The number of carboxylic acid groups (broad SMARTS) is 1. The fourth-order valence-corrected chi connectivity index (χ4v) is 1.23. The number of rotatable bonds is 6. The van der Waals surface area contributed by atoms with E-state index in [4.69, 9.17) is 0 Å². The van der Waals surface area contributed by atoms with Gasteiger partial charge in [-0.25, -0.2) is 0 Å². The van der Waals surface area contributed by atoms with Crippen molar-refractivity contribution in [2.75, 3.05) is 6.61 Å². The molecule has 0 saturated heterocycles. The van der Waals surface area contributed by atoms with Gasteiger partial charge in [0.1, 0.15) is 6.10 Å². The summed E-state index contributed by atoms with van der Waals surface area (Å²) in [6.07, 6.45) is -2.48. The molecule has 0 N–H and O–H groups in total. The Morgan fingerprint density at radius 3 is 1.87 bits per heavy atom. The lowest BCUT2D eigenvalue weighted by atomic mass is 10.4. The van der Waals surface area contributed by atoms with Gasteiger partial charge < -0.3 is 47.7 Å². The van der Waals surface area contributed by atoms with Gasteiger partial charge in [0.15, 0.2) is 0 Å². The number of phosphoric ester groups is 2. The highest BCUT2D eigenvalue weighted by atomic mass is 31.2. The lowest BCUT2D eigenvalue weighted by Crippen LogP contribution is -2.42. The topological polar surface area (TPSA) is 185 Å². The predicted molar refractivity (Wildman–Crippen MR) is 31.0 cm³/mol. The van der Waals surface area contributed by atoms with Gasteiger partial charge in [0, 0.05) is 0 Å². The highest BCUT2D eigenvalue weighted by Crippen LogP contribution is 2.30. The van der Waals surface area contributed by atoms with E-state index < -0.39 is 34.3 Å². The summed E-state index contributed by atoms with van der Waals surface area (Å²) in [5.41, 5.74) is 0. The molecule has 90 valence electrons. The van der Waals surface area contributed by atoms with E-state index in [1.54, 1.807) is 0 Å². The van der Waals surface area contributed by atoms with E-state index in [2.05, 4.69) is 9.05 Å². The van der Waals surface area contributed by atoms with Crippen molar-refractivity contribution in [1.29, 1.82) is 0 Å². The molecular weight excluding hydrogens is 258 g/mol. The smallest absolute Gasteiger partial charge is 0.126 e. The molecule has 0 aromatic rings. The molecule has 12 heteroatoms. The van der Waals surface area contributed by atoms with Gasteiger partial charge in [0.05, 0.1) is 28.2 Å². The molecule has 10 nitrogen and oxygen atoms in total. The third-order valence-electron chi connectivity index (χ3n) is 0.903. The second kappa shape index (κ2) is 5.15. The van der Waals surface area contributed by atoms with Crippen molar-refractivity contribution in [2.24, 2.45) is 0 Å².